The van der Waals surface area contributed by atoms with Crippen molar-refractivity contribution in [1.82, 2.24) is 5.32 Å². The van der Waals surface area contributed by atoms with Gasteiger partial charge in [-0.25, -0.2) is 13.6 Å². The number of primary sulfonamides is 1. The van der Waals surface area contributed by atoms with E-state index in [0.29, 0.717) is 11.7 Å². The number of carbonyl (C=O) groups excluding carboxylic acids is 1. The lowest BCUT2D eigenvalue weighted by atomic mass is 10.2. The summed E-state index contributed by atoms with van der Waals surface area (Å²) in [6.45, 7) is 0. The predicted octanol–water partition coefficient (Wildman–Crippen LogP) is 1.21. The van der Waals surface area contributed by atoms with Crippen LogP contribution in [0.25, 0.3) is 0 Å². The summed E-state index contributed by atoms with van der Waals surface area (Å²) >= 11 is 0. The number of rotatable bonds is 5. The van der Waals surface area contributed by atoms with Gasteiger partial charge in [-0.15, -0.1) is 0 Å². The van der Waals surface area contributed by atoms with Crippen molar-refractivity contribution < 1.29 is 13.2 Å². The standard InChI is InChI=1S/C15H18N4O3S/c16-9-11(10-18-12-3-1-2-4-12)15(20)19-13-5-7-14(8-6-13)23(17,21)22/h5-8,10,12,18H,1-4H2,(H,19,20)(H2,17,21,22)/b11-10-. The van der Waals surface area contributed by atoms with Crippen molar-refractivity contribution in [2.45, 2.75) is 36.6 Å². The van der Waals surface area contributed by atoms with Crippen LogP contribution in [-0.4, -0.2) is 20.4 Å². The molecule has 1 saturated carbocycles. The minimum absolute atomic E-state index is 0.0348. The number of hydrogen-bond donors (Lipinski definition) is 3. The normalized spacial score (nSPS) is 15.9. The van der Waals surface area contributed by atoms with Gasteiger partial charge in [-0.2, -0.15) is 5.26 Å². The lowest BCUT2D eigenvalue weighted by molar-refractivity contribution is -0.112. The molecule has 0 saturated heterocycles. The number of benzene rings is 1. The zero-order valence-corrected chi connectivity index (χ0v) is 13.3. The molecule has 8 heteroatoms. The minimum Gasteiger partial charge on any atom is -0.387 e. The molecule has 0 spiro atoms. The van der Waals surface area contributed by atoms with Gasteiger partial charge in [0.1, 0.15) is 11.6 Å². The Balaban J connectivity index is 2.01. The first-order valence-electron chi connectivity index (χ1n) is 7.20. The Morgan fingerprint density at radius 1 is 1.26 bits per heavy atom. The van der Waals surface area contributed by atoms with Crippen LogP contribution in [0.15, 0.2) is 40.9 Å². The Labute approximate surface area is 135 Å². The molecule has 7 nitrogen and oxygen atoms in total. The summed E-state index contributed by atoms with van der Waals surface area (Å²) in [5, 5.41) is 19.7. The van der Waals surface area contributed by atoms with Crippen LogP contribution in [0.1, 0.15) is 25.7 Å². The minimum atomic E-state index is -3.77. The smallest absolute Gasteiger partial charge is 0.267 e. The highest BCUT2D eigenvalue weighted by Crippen LogP contribution is 2.18. The van der Waals surface area contributed by atoms with Crippen LogP contribution in [0, 0.1) is 11.3 Å². The van der Waals surface area contributed by atoms with Gasteiger partial charge in [0.25, 0.3) is 5.91 Å². The molecule has 122 valence electrons. The Morgan fingerprint density at radius 2 is 1.87 bits per heavy atom. The number of nitriles is 1. The molecular weight excluding hydrogens is 316 g/mol. The third-order valence-electron chi connectivity index (χ3n) is 3.62. The zero-order valence-electron chi connectivity index (χ0n) is 12.5. The second-order valence-corrected chi connectivity index (χ2v) is 6.90. The van der Waals surface area contributed by atoms with Crippen molar-refractivity contribution in [2.24, 2.45) is 5.14 Å². The van der Waals surface area contributed by atoms with E-state index in [1.165, 1.54) is 30.5 Å². The summed E-state index contributed by atoms with van der Waals surface area (Å²) in [5.74, 6) is -0.554. The molecule has 4 N–H and O–H groups in total. The number of sulfonamides is 1. The van der Waals surface area contributed by atoms with Gasteiger partial charge in [0.05, 0.1) is 4.90 Å². The van der Waals surface area contributed by atoms with E-state index < -0.39 is 15.9 Å². The van der Waals surface area contributed by atoms with Crippen LogP contribution >= 0.6 is 0 Å². The van der Waals surface area contributed by atoms with Gasteiger partial charge in [0, 0.05) is 17.9 Å². The van der Waals surface area contributed by atoms with E-state index in [-0.39, 0.29) is 10.5 Å². The maximum Gasteiger partial charge on any atom is 0.267 e. The van der Waals surface area contributed by atoms with Crippen LogP contribution in [0.3, 0.4) is 0 Å². The molecule has 1 aromatic rings. The first kappa shape index (κ1) is 17.0. The van der Waals surface area contributed by atoms with E-state index in [1.807, 2.05) is 6.07 Å². The van der Waals surface area contributed by atoms with Gasteiger partial charge < -0.3 is 10.6 Å². The van der Waals surface area contributed by atoms with E-state index in [0.717, 1.165) is 25.7 Å². The van der Waals surface area contributed by atoms with Crippen molar-refractivity contribution in [1.29, 1.82) is 5.26 Å². The molecular formula is C15H18N4O3S. The Hall–Kier alpha value is -2.37. The molecule has 1 aromatic carbocycles. The first-order valence-corrected chi connectivity index (χ1v) is 8.75. The van der Waals surface area contributed by atoms with E-state index in [4.69, 9.17) is 10.4 Å². The molecule has 1 aliphatic rings. The Kier molecular flexibility index (Phi) is 5.36. The fraction of sp³-hybridized carbons (Fsp3) is 0.333. The van der Waals surface area contributed by atoms with E-state index >= 15 is 0 Å². The second kappa shape index (κ2) is 7.26. The van der Waals surface area contributed by atoms with Crippen molar-refractivity contribution in [2.75, 3.05) is 5.32 Å². The quantitative estimate of drug-likeness (QED) is 0.551. The lowest BCUT2D eigenvalue weighted by Crippen LogP contribution is -2.23. The van der Waals surface area contributed by atoms with Crippen LogP contribution in [0.2, 0.25) is 0 Å². The van der Waals surface area contributed by atoms with Crippen molar-refractivity contribution in [3.63, 3.8) is 0 Å². The summed E-state index contributed by atoms with van der Waals surface area (Å²) in [6, 6.07) is 7.56. The van der Waals surface area contributed by atoms with Crippen molar-refractivity contribution in [3.8, 4) is 6.07 Å². The molecule has 0 aliphatic heterocycles. The number of nitrogens with one attached hydrogen (secondary N) is 2. The van der Waals surface area contributed by atoms with E-state index in [2.05, 4.69) is 10.6 Å². The molecule has 0 radical (unpaired) electrons. The SMILES string of the molecule is N#C/C(=C/NC1CCCC1)C(=O)Nc1ccc(S(N)(=O)=O)cc1. The Bertz CT molecular complexity index is 742. The average Bonchev–Trinajstić information content (AvgIpc) is 3.01. The predicted molar refractivity (Wildman–Crippen MR) is 85.5 cm³/mol. The summed E-state index contributed by atoms with van der Waals surface area (Å²) in [6.07, 6.45) is 5.80. The van der Waals surface area contributed by atoms with E-state index in [9.17, 15) is 13.2 Å². The molecule has 1 amide bonds. The monoisotopic (exact) mass is 334 g/mol. The van der Waals surface area contributed by atoms with Crippen LogP contribution in [0.5, 0.6) is 0 Å². The number of anilines is 1. The maximum atomic E-state index is 12.0. The van der Waals surface area contributed by atoms with Crippen LogP contribution in [-0.2, 0) is 14.8 Å². The highest BCUT2D eigenvalue weighted by Gasteiger charge is 2.15. The van der Waals surface area contributed by atoms with Gasteiger partial charge in [0.15, 0.2) is 0 Å². The highest BCUT2D eigenvalue weighted by molar-refractivity contribution is 7.89. The summed E-state index contributed by atoms with van der Waals surface area (Å²) in [7, 11) is -3.77. The number of hydrogen-bond acceptors (Lipinski definition) is 5. The second-order valence-electron chi connectivity index (χ2n) is 5.34. The lowest BCUT2D eigenvalue weighted by Gasteiger charge is -2.10. The number of carbonyl (C=O) groups is 1. The van der Waals surface area contributed by atoms with Gasteiger partial charge in [-0.05, 0) is 37.1 Å². The van der Waals surface area contributed by atoms with E-state index in [1.54, 1.807) is 0 Å². The molecule has 1 aliphatic carbocycles. The number of nitrogens with zero attached hydrogens (tertiary/aromatic N) is 1. The molecule has 2 rings (SSSR count). The largest absolute Gasteiger partial charge is 0.387 e. The van der Waals surface area contributed by atoms with Crippen LogP contribution in [0.4, 0.5) is 5.69 Å². The molecule has 0 aromatic heterocycles. The first-order chi connectivity index (χ1) is 10.9. The highest BCUT2D eigenvalue weighted by atomic mass is 32.2. The molecule has 0 atom stereocenters. The zero-order chi connectivity index (χ0) is 16.9. The molecule has 0 heterocycles. The fourth-order valence-corrected chi connectivity index (χ4v) is 2.88. The fourth-order valence-electron chi connectivity index (χ4n) is 2.37. The third kappa shape index (κ3) is 4.81. The third-order valence-corrected chi connectivity index (χ3v) is 4.55. The molecule has 0 unspecified atom stereocenters. The molecule has 0 bridgehead atoms. The van der Waals surface area contributed by atoms with Gasteiger partial charge in [-0.1, -0.05) is 12.8 Å². The van der Waals surface area contributed by atoms with Crippen LogP contribution < -0.4 is 15.8 Å². The Morgan fingerprint density at radius 3 is 2.39 bits per heavy atom. The topological polar surface area (TPSA) is 125 Å². The summed E-state index contributed by atoms with van der Waals surface area (Å²) in [5.41, 5.74) is 0.344. The molecule has 1 fully saturated rings. The summed E-state index contributed by atoms with van der Waals surface area (Å²) in [4.78, 5) is 12.0. The average molecular weight is 334 g/mol. The van der Waals surface area contributed by atoms with Gasteiger partial charge >= 0.3 is 0 Å². The molecule has 23 heavy (non-hydrogen) atoms. The van der Waals surface area contributed by atoms with Gasteiger partial charge in [0.2, 0.25) is 10.0 Å². The summed E-state index contributed by atoms with van der Waals surface area (Å²) < 4.78 is 22.3. The van der Waals surface area contributed by atoms with Crippen molar-refractivity contribution >= 4 is 21.6 Å². The van der Waals surface area contributed by atoms with Gasteiger partial charge in [-0.3, -0.25) is 4.79 Å². The number of nitrogens with two attached hydrogens (primary N) is 1. The van der Waals surface area contributed by atoms with Crippen molar-refractivity contribution in [3.05, 3.63) is 36.0 Å². The maximum absolute atomic E-state index is 12.0. The number of amides is 1.